The molecule has 4 heterocycles. The Hall–Kier alpha value is -4.07. The zero-order chi connectivity index (χ0) is 20.5. The van der Waals surface area contributed by atoms with Crippen LogP contribution in [0.2, 0.25) is 0 Å². The Morgan fingerprint density at radius 1 is 1.00 bits per heavy atom. The lowest BCUT2D eigenvalue weighted by molar-refractivity contribution is 0.775. The van der Waals surface area contributed by atoms with Gasteiger partial charge in [-0.1, -0.05) is 24.3 Å². The molecule has 0 unspecified atom stereocenters. The summed E-state index contributed by atoms with van der Waals surface area (Å²) >= 11 is 0. The van der Waals surface area contributed by atoms with Crippen LogP contribution in [0.25, 0.3) is 16.9 Å². The minimum atomic E-state index is 0.512. The molecule has 30 heavy (non-hydrogen) atoms. The lowest BCUT2D eigenvalue weighted by atomic mass is 10.1. The van der Waals surface area contributed by atoms with Crippen molar-refractivity contribution in [1.82, 2.24) is 34.3 Å². The predicted octanol–water partition coefficient (Wildman–Crippen LogP) is 3.56. The summed E-state index contributed by atoms with van der Waals surface area (Å²) in [5.41, 5.74) is 5.04. The maximum atomic E-state index is 4.63. The van der Waals surface area contributed by atoms with Crippen LogP contribution >= 0.6 is 0 Å². The average Bonchev–Trinajstić information content (AvgIpc) is 3.35. The van der Waals surface area contributed by atoms with E-state index in [1.165, 1.54) is 11.1 Å². The van der Waals surface area contributed by atoms with E-state index in [2.05, 4.69) is 55.7 Å². The van der Waals surface area contributed by atoms with Crippen LogP contribution < -0.4 is 5.32 Å². The highest BCUT2D eigenvalue weighted by atomic mass is 15.3. The van der Waals surface area contributed by atoms with Gasteiger partial charge in [-0.3, -0.25) is 9.08 Å². The lowest BCUT2D eigenvalue weighted by Crippen LogP contribution is -2.03. The fraction of sp³-hybridized carbons (Fsp3) is 0.136. The molecular weight excluding hydrogens is 376 g/mol. The Balaban J connectivity index is 1.44. The molecule has 0 radical (unpaired) electrons. The minimum absolute atomic E-state index is 0.512. The van der Waals surface area contributed by atoms with Crippen molar-refractivity contribution >= 4 is 17.4 Å². The van der Waals surface area contributed by atoms with Crippen LogP contribution in [0.5, 0.6) is 0 Å². The maximum absolute atomic E-state index is 4.63. The van der Waals surface area contributed by atoms with Crippen LogP contribution in [0, 0.1) is 6.92 Å². The summed E-state index contributed by atoms with van der Waals surface area (Å²) in [4.78, 5) is 8.94. The summed E-state index contributed by atoms with van der Waals surface area (Å²) in [5, 5.41) is 16.1. The monoisotopic (exact) mass is 396 g/mol. The standard InChI is InChI=1S/C22H20N8/c1-15-5-3-4-6-16(15)13-20-27-28-21-14-17(9-12-30(20)21)18-7-10-23-22(25-18)26-19-8-11-24-29(19)2/h3-12,14H,13H2,1-2H3,(H,23,25,26). The third-order valence-corrected chi connectivity index (χ3v) is 5.10. The molecule has 0 spiro atoms. The van der Waals surface area contributed by atoms with E-state index in [1.807, 2.05) is 48.0 Å². The fourth-order valence-electron chi connectivity index (χ4n) is 3.39. The topological polar surface area (TPSA) is 85.8 Å². The average molecular weight is 396 g/mol. The number of anilines is 2. The van der Waals surface area contributed by atoms with Gasteiger partial charge in [-0.15, -0.1) is 10.2 Å². The van der Waals surface area contributed by atoms with E-state index in [0.717, 1.165) is 35.0 Å². The Morgan fingerprint density at radius 3 is 2.73 bits per heavy atom. The van der Waals surface area contributed by atoms with Crippen molar-refractivity contribution < 1.29 is 0 Å². The van der Waals surface area contributed by atoms with Gasteiger partial charge in [-0.05, 0) is 36.2 Å². The van der Waals surface area contributed by atoms with Gasteiger partial charge in [-0.25, -0.2) is 9.97 Å². The number of aromatic nitrogens is 7. The van der Waals surface area contributed by atoms with Gasteiger partial charge in [0.2, 0.25) is 5.95 Å². The summed E-state index contributed by atoms with van der Waals surface area (Å²) in [6.07, 6.45) is 6.19. The molecule has 0 bridgehead atoms. The van der Waals surface area contributed by atoms with Gasteiger partial charge >= 0.3 is 0 Å². The van der Waals surface area contributed by atoms with E-state index < -0.39 is 0 Å². The lowest BCUT2D eigenvalue weighted by Gasteiger charge is -2.07. The molecule has 148 valence electrons. The van der Waals surface area contributed by atoms with Crippen LogP contribution in [-0.4, -0.2) is 34.3 Å². The highest BCUT2D eigenvalue weighted by Gasteiger charge is 2.10. The molecule has 0 aliphatic heterocycles. The van der Waals surface area contributed by atoms with Gasteiger partial charge in [0, 0.05) is 37.5 Å². The van der Waals surface area contributed by atoms with Gasteiger partial charge in [0.05, 0.1) is 11.9 Å². The summed E-state index contributed by atoms with van der Waals surface area (Å²) in [5.74, 6) is 2.24. The molecule has 8 heteroatoms. The van der Waals surface area contributed by atoms with E-state index in [9.17, 15) is 0 Å². The van der Waals surface area contributed by atoms with Gasteiger partial charge in [0.1, 0.15) is 11.6 Å². The highest BCUT2D eigenvalue weighted by Crippen LogP contribution is 2.21. The normalized spacial score (nSPS) is 11.1. The van der Waals surface area contributed by atoms with Gasteiger partial charge in [0.15, 0.2) is 5.65 Å². The van der Waals surface area contributed by atoms with Crippen LogP contribution in [-0.2, 0) is 13.5 Å². The Morgan fingerprint density at radius 2 is 1.90 bits per heavy atom. The van der Waals surface area contributed by atoms with Crippen molar-refractivity contribution in [1.29, 1.82) is 0 Å². The van der Waals surface area contributed by atoms with Crippen LogP contribution in [0.3, 0.4) is 0 Å². The molecule has 1 aromatic carbocycles. The van der Waals surface area contributed by atoms with Crippen LogP contribution in [0.15, 0.2) is 67.1 Å². The van der Waals surface area contributed by atoms with Gasteiger partial charge < -0.3 is 5.32 Å². The summed E-state index contributed by atoms with van der Waals surface area (Å²) in [7, 11) is 1.86. The second kappa shape index (κ2) is 7.40. The second-order valence-corrected chi connectivity index (χ2v) is 7.09. The second-order valence-electron chi connectivity index (χ2n) is 7.09. The number of hydrogen-bond donors (Lipinski definition) is 1. The van der Waals surface area contributed by atoms with E-state index >= 15 is 0 Å². The number of nitrogens with one attached hydrogen (secondary N) is 1. The molecule has 1 N–H and O–H groups in total. The number of nitrogens with zero attached hydrogens (tertiary/aromatic N) is 7. The zero-order valence-corrected chi connectivity index (χ0v) is 16.7. The molecule has 5 rings (SSSR count). The summed E-state index contributed by atoms with van der Waals surface area (Å²) in [6.45, 7) is 2.11. The number of rotatable bonds is 5. The van der Waals surface area contributed by atoms with E-state index in [4.69, 9.17) is 0 Å². The molecule has 8 nitrogen and oxygen atoms in total. The predicted molar refractivity (Wildman–Crippen MR) is 114 cm³/mol. The third kappa shape index (κ3) is 3.39. The fourth-order valence-corrected chi connectivity index (χ4v) is 3.39. The SMILES string of the molecule is Cc1ccccc1Cc1nnc2cc(-c3ccnc(Nc4ccnn4C)n3)ccn12. The van der Waals surface area contributed by atoms with E-state index in [-0.39, 0.29) is 0 Å². The van der Waals surface area contributed by atoms with Crippen molar-refractivity contribution in [3.63, 3.8) is 0 Å². The highest BCUT2D eigenvalue weighted by molar-refractivity contribution is 5.65. The molecule has 4 aromatic heterocycles. The number of fused-ring (bicyclic) bond motifs is 1. The van der Waals surface area contributed by atoms with E-state index in [0.29, 0.717) is 5.95 Å². The first-order chi connectivity index (χ1) is 14.7. The van der Waals surface area contributed by atoms with Crippen molar-refractivity contribution in [3.05, 3.63) is 84.1 Å². The van der Waals surface area contributed by atoms with Crippen molar-refractivity contribution in [2.24, 2.45) is 7.05 Å². The third-order valence-electron chi connectivity index (χ3n) is 5.10. The first-order valence-corrected chi connectivity index (χ1v) is 9.64. The number of aryl methyl sites for hydroxylation is 2. The molecule has 0 amide bonds. The molecule has 0 aliphatic carbocycles. The molecule has 0 aliphatic rings. The number of hydrogen-bond acceptors (Lipinski definition) is 6. The molecule has 0 fully saturated rings. The largest absolute Gasteiger partial charge is 0.309 e. The first kappa shape index (κ1) is 18.0. The molecule has 5 aromatic rings. The van der Waals surface area contributed by atoms with Crippen molar-refractivity contribution in [2.45, 2.75) is 13.3 Å². The summed E-state index contributed by atoms with van der Waals surface area (Å²) < 4.78 is 3.75. The minimum Gasteiger partial charge on any atom is -0.309 e. The van der Waals surface area contributed by atoms with Crippen LogP contribution in [0.4, 0.5) is 11.8 Å². The van der Waals surface area contributed by atoms with Gasteiger partial charge in [0.25, 0.3) is 0 Å². The Labute approximate surface area is 173 Å². The molecule has 0 saturated carbocycles. The van der Waals surface area contributed by atoms with Crippen molar-refractivity contribution in [3.8, 4) is 11.3 Å². The molecular formula is C22H20N8. The Bertz CT molecular complexity index is 1330. The Kier molecular flexibility index (Phi) is 4.44. The van der Waals surface area contributed by atoms with E-state index in [1.54, 1.807) is 17.1 Å². The number of benzene rings is 1. The first-order valence-electron chi connectivity index (χ1n) is 9.64. The van der Waals surface area contributed by atoms with Crippen molar-refractivity contribution in [2.75, 3.05) is 5.32 Å². The summed E-state index contributed by atoms with van der Waals surface area (Å²) in [6, 6.07) is 16.1. The van der Waals surface area contributed by atoms with Gasteiger partial charge in [-0.2, -0.15) is 5.10 Å². The number of pyridine rings is 1. The smallest absolute Gasteiger partial charge is 0.228 e. The van der Waals surface area contributed by atoms with Crippen LogP contribution in [0.1, 0.15) is 17.0 Å². The quantitative estimate of drug-likeness (QED) is 0.489. The molecule has 0 atom stereocenters. The zero-order valence-electron chi connectivity index (χ0n) is 16.7. The maximum Gasteiger partial charge on any atom is 0.228 e. The molecule has 0 saturated heterocycles.